The Balaban J connectivity index is 1.81. The Kier molecular flexibility index (Phi) is 6.03. The van der Waals surface area contributed by atoms with Crippen molar-refractivity contribution in [1.29, 1.82) is 0 Å². The third-order valence-electron chi connectivity index (χ3n) is 5.81. The lowest BCUT2D eigenvalue weighted by Crippen LogP contribution is -2.41. The van der Waals surface area contributed by atoms with Crippen LogP contribution in [0.15, 0.2) is 23.1 Å². The molecule has 0 bridgehead atoms. The lowest BCUT2D eigenvalue weighted by Gasteiger charge is -2.29. The minimum absolute atomic E-state index is 0.168. The summed E-state index contributed by atoms with van der Waals surface area (Å²) in [5.41, 5.74) is 1.13. The summed E-state index contributed by atoms with van der Waals surface area (Å²) >= 11 is 0. The molecule has 1 aliphatic heterocycles. The maximum absolute atomic E-state index is 13.0. The van der Waals surface area contributed by atoms with E-state index in [4.69, 9.17) is 0 Å². The predicted octanol–water partition coefficient (Wildman–Crippen LogP) is 3.48. The molecule has 2 aliphatic rings. The molecule has 1 heterocycles. The van der Waals surface area contributed by atoms with Crippen molar-refractivity contribution in [3.8, 4) is 0 Å². The number of aryl methyl sites for hydroxylation is 1. The van der Waals surface area contributed by atoms with Crippen LogP contribution in [0.5, 0.6) is 0 Å². The SMILES string of the molecule is Cc1ccc(C(=O)NC2CCCCC2C)cc1S(=O)(=O)N1CCCCC1. The van der Waals surface area contributed by atoms with Crippen LogP contribution in [0.3, 0.4) is 0 Å². The van der Waals surface area contributed by atoms with E-state index < -0.39 is 10.0 Å². The van der Waals surface area contributed by atoms with Crippen molar-refractivity contribution in [3.63, 3.8) is 0 Å². The smallest absolute Gasteiger partial charge is 0.251 e. The second kappa shape index (κ2) is 8.09. The molecule has 0 radical (unpaired) electrons. The zero-order valence-corrected chi connectivity index (χ0v) is 16.6. The van der Waals surface area contributed by atoms with Crippen molar-refractivity contribution in [2.24, 2.45) is 5.92 Å². The fourth-order valence-corrected chi connectivity index (χ4v) is 5.81. The normalized spacial score (nSPS) is 25.0. The van der Waals surface area contributed by atoms with Crippen molar-refractivity contribution in [1.82, 2.24) is 9.62 Å². The number of nitrogens with zero attached hydrogens (tertiary/aromatic N) is 1. The van der Waals surface area contributed by atoms with E-state index in [0.29, 0.717) is 30.1 Å². The average Bonchev–Trinajstić information content (AvgIpc) is 2.64. The summed E-state index contributed by atoms with van der Waals surface area (Å²) in [5.74, 6) is 0.300. The molecule has 144 valence electrons. The Bertz CT molecular complexity index is 754. The molecule has 2 unspecified atom stereocenters. The van der Waals surface area contributed by atoms with Crippen LogP contribution in [0.25, 0.3) is 0 Å². The van der Waals surface area contributed by atoms with Gasteiger partial charge in [0.1, 0.15) is 0 Å². The van der Waals surface area contributed by atoms with Gasteiger partial charge in [0.2, 0.25) is 10.0 Å². The van der Waals surface area contributed by atoms with Crippen molar-refractivity contribution in [2.45, 2.75) is 69.7 Å². The fraction of sp³-hybridized carbons (Fsp3) is 0.650. The van der Waals surface area contributed by atoms with Crippen LogP contribution in [0, 0.1) is 12.8 Å². The third-order valence-corrected chi connectivity index (χ3v) is 7.85. The molecule has 2 atom stereocenters. The van der Waals surface area contributed by atoms with Gasteiger partial charge < -0.3 is 5.32 Å². The van der Waals surface area contributed by atoms with E-state index in [-0.39, 0.29) is 16.8 Å². The maximum atomic E-state index is 13.0. The average molecular weight is 379 g/mol. The molecule has 1 N–H and O–H groups in total. The van der Waals surface area contributed by atoms with E-state index >= 15 is 0 Å². The summed E-state index contributed by atoms with van der Waals surface area (Å²) in [7, 11) is -3.54. The van der Waals surface area contributed by atoms with Crippen LogP contribution in [-0.2, 0) is 10.0 Å². The van der Waals surface area contributed by atoms with Crippen LogP contribution in [0.2, 0.25) is 0 Å². The summed E-state index contributed by atoms with van der Waals surface area (Å²) in [5, 5.41) is 3.12. The molecule has 1 aromatic carbocycles. The van der Waals surface area contributed by atoms with Gasteiger partial charge in [-0.3, -0.25) is 4.79 Å². The standard InChI is InChI=1S/C20H30N2O3S/c1-15-8-4-5-9-18(15)21-20(23)17-11-10-16(2)19(14-17)26(24,25)22-12-6-3-7-13-22/h10-11,14-15,18H,3-9,12-13H2,1-2H3,(H,21,23). The number of rotatable bonds is 4. The van der Waals surface area contributed by atoms with E-state index in [2.05, 4.69) is 12.2 Å². The lowest BCUT2D eigenvalue weighted by atomic mass is 9.86. The van der Waals surface area contributed by atoms with Crippen LogP contribution in [-0.4, -0.2) is 37.8 Å². The molecule has 5 nitrogen and oxygen atoms in total. The van der Waals surface area contributed by atoms with Gasteiger partial charge in [-0.2, -0.15) is 4.31 Å². The Morgan fingerprint density at radius 1 is 1.08 bits per heavy atom. The van der Waals surface area contributed by atoms with E-state index in [1.54, 1.807) is 29.4 Å². The molecule has 3 rings (SSSR count). The highest BCUT2D eigenvalue weighted by atomic mass is 32.2. The van der Waals surface area contributed by atoms with E-state index in [1.165, 1.54) is 6.42 Å². The third kappa shape index (κ3) is 4.12. The van der Waals surface area contributed by atoms with Gasteiger partial charge in [0.15, 0.2) is 0 Å². The van der Waals surface area contributed by atoms with E-state index in [9.17, 15) is 13.2 Å². The first-order chi connectivity index (χ1) is 12.4. The minimum atomic E-state index is -3.54. The topological polar surface area (TPSA) is 66.5 Å². The number of nitrogens with one attached hydrogen (secondary N) is 1. The molecule has 0 aromatic heterocycles. The molecule has 2 fully saturated rings. The highest BCUT2D eigenvalue weighted by Crippen LogP contribution is 2.26. The summed E-state index contributed by atoms with van der Waals surface area (Å²) in [6.45, 7) is 5.10. The van der Waals surface area contributed by atoms with Gasteiger partial charge in [-0.25, -0.2) is 8.42 Å². The van der Waals surface area contributed by atoms with Gasteiger partial charge in [0.25, 0.3) is 5.91 Å². The number of amides is 1. The largest absolute Gasteiger partial charge is 0.349 e. The number of hydrogen-bond donors (Lipinski definition) is 1. The van der Waals surface area contributed by atoms with Gasteiger partial charge >= 0.3 is 0 Å². The monoisotopic (exact) mass is 378 g/mol. The number of benzene rings is 1. The highest BCUT2D eigenvalue weighted by molar-refractivity contribution is 7.89. The number of piperidine rings is 1. The zero-order valence-electron chi connectivity index (χ0n) is 15.8. The van der Waals surface area contributed by atoms with Crippen molar-refractivity contribution < 1.29 is 13.2 Å². The lowest BCUT2D eigenvalue weighted by molar-refractivity contribution is 0.0910. The number of carbonyl (C=O) groups is 1. The predicted molar refractivity (Wildman–Crippen MR) is 103 cm³/mol. The van der Waals surface area contributed by atoms with E-state index in [0.717, 1.165) is 38.5 Å². The van der Waals surface area contributed by atoms with E-state index in [1.807, 2.05) is 0 Å². The molecule has 1 saturated carbocycles. The maximum Gasteiger partial charge on any atom is 0.251 e. The Hall–Kier alpha value is -1.40. The molecular weight excluding hydrogens is 348 g/mol. The summed E-state index contributed by atoms with van der Waals surface area (Å²) in [6.07, 6.45) is 7.36. The molecule has 1 amide bonds. The second-order valence-corrected chi connectivity index (χ2v) is 9.69. The van der Waals surface area contributed by atoms with Gasteiger partial charge in [0, 0.05) is 24.7 Å². The van der Waals surface area contributed by atoms with Crippen molar-refractivity contribution in [2.75, 3.05) is 13.1 Å². The Morgan fingerprint density at radius 3 is 2.46 bits per heavy atom. The van der Waals surface area contributed by atoms with Gasteiger partial charge in [-0.15, -0.1) is 0 Å². The first-order valence-corrected chi connectivity index (χ1v) is 11.3. The number of sulfonamides is 1. The molecule has 1 saturated heterocycles. The summed E-state index contributed by atoms with van der Waals surface area (Å²) in [6, 6.07) is 5.21. The second-order valence-electron chi connectivity index (χ2n) is 7.79. The minimum Gasteiger partial charge on any atom is -0.349 e. The molecule has 0 spiro atoms. The molecule has 26 heavy (non-hydrogen) atoms. The molecule has 1 aromatic rings. The Morgan fingerprint density at radius 2 is 1.77 bits per heavy atom. The number of hydrogen-bond acceptors (Lipinski definition) is 3. The molecular formula is C20H30N2O3S. The van der Waals surface area contributed by atoms with Gasteiger partial charge in [-0.1, -0.05) is 32.3 Å². The van der Waals surface area contributed by atoms with Gasteiger partial charge in [-0.05, 0) is 56.2 Å². The first-order valence-electron chi connectivity index (χ1n) is 9.81. The van der Waals surface area contributed by atoms with Crippen molar-refractivity contribution in [3.05, 3.63) is 29.3 Å². The summed E-state index contributed by atoms with van der Waals surface area (Å²) < 4.78 is 27.6. The quantitative estimate of drug-likeness (QED) is 0.872. The van der Waals surface area contributed by atoms with Crippen LogP contribution >= 0.6 is 0 Å². The van der Waals surface area contributed by atoms with Crippen LogP contribution < -0.4 is 5.32 Å². The zero-order chi connectivity index (χ0) is 18.7. The van der Waals surface area contributed by atoms with Crippen LogP contribution in [0.1, 0.15) is 67.8 Å². The fourth-order valence-electron chi connectivity index (χ4n) is 4.05. The number of carbonyl (C=O) groups excluding carboxylic acids is 1. The summed E-state index contributed by atoms with van der Waals surface area (Å²) in [4.78, 5) is 13.0. The molecule has 1 aliphatic carbocycles. The highest BCUT2D eigenvalue weighted by Gasteiger charge is 2.29. The van der Waals surface area contributed by atoms with Crippen molar-refractivity contribution >= 4 is 15.9 Å². The van der Waals surface area contributed by atoms with Crippen LogP contribution in [0.4, 0.5) is 0 Å². The Labute approximate surface area is 157 Å². The molecule has 6 heteroatoms. The van der Waals surface area contributed by atoms with Gasteiger partial charge in [0.05, 0.1) is 4.90 Å². The first kappa shape index (κ1) is 19.4.